The van der Waals surface area contributed by atoms with Crippen LogP contribution in [-0.2, 0) is 4.79 Å². The van der Waals surface area contributed by atoms with Gasteiger partial charge in [0.25, 0.3) is 0 Å². The highest BCUT2D eigenvalue weighted by Crippen LogP contribution is 2.26. The summed E-state index contributed by atoms with van der Waals surface area (Å²) in [5.41, 5.74) is 0.264. The van der Waals surface area contributed by atoms with Crippen LogP contribution in [0.2, 0.25) is 0 Å². The Bertz CT molecular complexity index is 625. The Morgan fingerprint density at radius 3 is 2.76 bits per heavy atom. The fraction of sp³-hybridized carbons (Fsp3) is 0.500. The first-order chi connectivity index (χ1) is 11.9. The molecular weight excluding hydrogens is 320 g/mol. The second-order valence-corrected chi connectivity index (χ2v) is 5.90. The zero-order chi connectivity index (χ0) is 18.8. The Kier molecular flexibility index (Phi) is 8.44. The average molecular weight is 346 g/mol. The summed E-state index contributed by atoms with van der Waals surface area (Å²) in [6.07, 6.45) is 4.65. The molecule has 25 heavy (non-hydrogen) atoms. The standard InChI is InChI=1S/C18H26N4O3/c1-6-7-8-14(12-22(4)13-17(23)21(2)3)25-16-9-10-20-18(24-5)15(16)11-19/h6,9-10,14H,1,7-8,12-13H2,2-5H3. The summed E-state index contributed by atoms with van der Waals surface area (Å²) in [7, 11) is 6.78. The predicted molar refractivity (Wildman–Crippen MR) is 95.5 cm³/mol. The lowest BCUT2D eigenvalue weighted by atomic mass is 10.1. The van der Waals surface area contributed by atoms with E-state index < -0.39 is 0 Å². The highest BCUT2D eigenvalue weighted by molar-refractivity contribution is 5.77. The minimum atomic E-state index is -0.197. The topological polar surface area (TPSA) is 78.7 Å². The molecule has 0 aliphatic carbocycles. The van der Waals surface area contributed by atoms with E-state index in [0.717, 1.165) is 12.8 Å². The maximum atomic E-state index is 11.9. The Hall–Kier alpha value is -2.59. The minimum absolute atomic E-state index is 0.0215. The van der Waals surface area contributed by atoms with Crippen molar-refractivity contribution in [2.75, 3.05) is 41.3 Å². The zero-order valence-corrected chi connectivity index (χ0v) is 15.4. The van der Waals surface area contributed by atoms with Crippen LogP contribution in [-0.4, -0.2) is 68.1 Å². The summed E-state index contributed by atoms with van der Waals surface area (Å²) < 4.78 is 11.1. The Labute approximate surface area is 149 Å². The molecule has 0 radical (unpaired) electrons. The van der Waals surface area contributed by atoms with Gasteiger partial charge < -0.3 is 14.4 Å². The van der Waals surface area contributed by atoms with Gasteiger partial charge in [-0.2, -0.15) is 5.26 Å². The molecule has 1 heterocycles. The van der Waals surface area contributed by atoms with Crippen LogP contribution in [0.4, 0.5) is 0 Å². The van der Waals surface area contributed by atoms with Crippen LogP contribution in [0, 0.1) is 11.3 Å². The van der Waals surface area contributed by atoms with Gasteiger partial charge in [0.15, 0.2) is 5.56 Å². The van der Waals surface area contributed by atoms with Crippen LogP contribution in [0.15, 0.2) is 24.9 Å². The molecule has 1 aromatic heterocycles. The number of ether oxygens (including phenoxy) is 2. The van der Waals surface area contributed by atoms with Gasteiger partial charge in [-0.05, 0) is 19.9 Å². The highest BCUT2D eigenvalue weighted by atomic mass is 16.5. The Morgan fingerprint density at radius 2 is 2.20 bits per heavy atom. The largest absolute Gasteiger partial charge is 0.487 e. The number of amides is 1. The lowest BCUT2D eigenvalue weighted by Crippen LogP contribution is -2.39. The second-order valence-electron chi connectivity index (χ2n) is 5.90. The fourth-order valence-electron chi connectivity index (χ4n) is 2.24. The normalized spacial score (nSPS) is 11.5. The molecule has 0 saturated carbocycles. The molecule has 1 aromatic rings. The molecule has 0 aliphatic heterocycles. The van der Waals surface area contributed by atoms with E-state index in [0.29, 0.717) is 18.8 Å². The van der Waals surface area contributed by atoms with Gasteiger partial charge in [0, 0.05) is 32.9 Å². The molecule has 1 unspecified atom stereocenters. The van der Waals surface area contributed by atoms with Crippen molar-refractivity contribution in [3.63, 3.8) is 0 Å². The van der Waals surface area contributed by atoms with E-state index in [1.165, 1.54) is 7.11 Å². The molecule has 0 aliphatic rings. The maximum absolute atomic E-state index is 11.9. The van der Waals surface area contributed by atoms with Gasteiger partial charge in [0.1, 0.15) is 17.9 Å². The number of rotatable bonds is 10. The number of carbonyl (C=O) groups is 1. The average Bonchev–Trinajstić information content (AvgIpc) is 2.58. The van der Waals surface area contributed by atoms with E-state index in [4.69, 9.17) is 9.47 Å². The van der Waals surface area contributed by atoms with Crippen molar-refractivity contribution < 1.29 is 14.3 Å². The SMILES string of the molecule is C=CCCC(CN(C)CC(=O)N(C)C)Oc1ccnc(OC)c1C#N. The molecule has 0 fully saturated rings. The third-order valence-electron chi connectivity index (χ3n) is 3.59. The van der Waals surface area contributed by atoms with Gasteiger partial charge in [0.05, 0.1) is 13.7 Å². The van der Waals surface area contributed by atoms with Gasteiger partial charge in [-0.3, -0.25) is 9.69 Å². The maximum Gasteiger partial charge on any atom is 0.236 e. The number of pyridine rings is 1. The van der Waals surface area contributed by atoms with Gasteiger partial charge >= 0.3 is 0 Å². The quantitative estimate of drug-likeness (QED) is 0.600. The second kappa shape index (κ2) is 10.3. The third-order valence-corrected chi connectivity index (χ3v) is 3.59. The summed E-state index contributed by atoms with van der Waals surface area (Å²) in [4.78, 5) is 19.3. The molecule has 7 heteroatoms. The summed E-state index contributed by atoms with van der Waals surface area (Å²) >= 11 is 0. The zero-order valence-electron chi connectivity index (χ0n) is 15.4. The number of hydrogen-bond donors (Lipinski definition) is 0. The number of methoxy groups -OCH3 is 1. The predicted octanol–water partition coefficient (Wildman–Crippen LogP) is 1.70. The van der Waals surface area contributed by atoms with Crippen LogP contribution in [0.3, 0.4) is 0 Å². The highest BCUT2D eigenvalue weighted by Gasteiger charge is 2.19. The molecular formula is C18H26N4O3. The van der Waals surface area contributed by atoms with Crippen LogP contribution in [0.1, 0.15) is 18.4 Å². The molecule has 7 nitrogen and oxygen atoms in total. The molecule has 0 saturated heterocycles. The first-order valence-electron chi connectivity index (χ1n) is 8.02. The van der Waals surface area contributed by atoms with E-state index in [-0.39, 0.29) is 23.5 Å². The Balaban J connectivity index is 2.88. The number of likely N-dealkylation sites (N-methyl/N-ethyl adjacent to an activating group) is 2. The van der Waals surface area contributed by atoms with Crippen molar-refractivity contribution in [1.29, 1.82) is 5.26 Å². The summed E-state index contributed by atoms with van der Waals surface area (Å²) in [6.45, 7) is 4.58. The number of nitriles is 1. The molecule has 0 aromatic carbocycles. The molecule has 0 spiro atoms. The first kappa shape index (κ1) is 20.5. The van der Waals surface area contributed by atoms with Gasteiger partial charge in [0.2, 0.25) is 11.8 Å². The van der Waals surface area contributed by atoms with E-state index >= 15 is 0 Å². The number of aromatic nitrogens is 1. The smallest absolute Gasteiger partial charge is 0.236 e. The lowest BCUT2D eigenvalue weighted by molar-refractivity contribution is -0.129. The number of hydrogen-bond acceptors (Lipinski definition) is 6. The van der Waals surface area contributed by atoms with Crippen LogP contribution < -0.4 is 9.47 Å². The van der Waals surface area contributed by atoms with Crippen molar-refractivity contribution in [3.05, 3.63) is 30.5 Å². The van der Waals surface area contributed by atoms with Crippen molar-refractivity contribution in [2.24, 2.45) is 0 Å². The van der Waals surface area contributed by atoms with Crippen molar-refractivity contribution in [1.82, 2.24) is 14.8 Å². The summed E-state index contributed by atoms with van der Waals surface area (Å²) in [5.74, 6) is 0.683. The monoisotopic (exact) mass is 346 g/mol. The van der Waals surface area contributed by atoms with Gasteiger partial charge in [-0.25, -0.2) is 4.98 Å². The Morgan fingerprint density at radius 1 is 1.48 bits per heavy atom. The number of carbonyl (C=O) groups excluding carboxylic acids is 1. The summed E-state index contributed by atoms with van der Waals surface area (Å²) in [5, 5.41) is 9.35. The van der Waals surface area contributed by atoms with Crippen molar-refractivity contribution >= 4 is 5.91 Å². The van der Waals surface area contributed by atoms with Crippen molar-refractivity contribution in [2.45, 2.75) is 18.9 Å². The lowest BCUT2D eigenvalue weighted by Gasteiger charge is -2.25. The molecule has 0 N–H and O–H groups in total. The number of allylic oxidation sites excluding steroid dienone is 1. The minimum Gasteiger partial charge on any atom is -0.487 e. The molecule has 1 rings (SSSR count). The number of nitrogens with zero attached hydrogens (tertiary/aromatic N) is 4. The molecule has 136 valence electrons. The first-order valence-corrected chi connectivity index (χ1v) is 8.02. The molecule has 1 amide bonds. The third kappa shape index (κ3) is 6.43. The fourth-order valence-corrected chi connectivity index (χ4v) is 2.24. The molecule has 1 atom stereocenters. The van der Waals surface area contributed by atoms with E-state index in [1.807, 2.05) is 18.0 Å². The van der Waals surface area contributed by atoms with Crippen LogP contribution >= 0.6 is 0 Å². The van der Waals surface area contributed by atoms with E-state index in [1.54, 1.807) is 31.3 Å². The van der Waals surface area contributed by atoms with E-state index in [9.17, 15) is 10.1 Å². The van der Waals surface area contributed by atoms with E-state index in [2.05, 4.69) is 17.6 Å². The van der Waals surface area contributed by atoms with Gasteiger partial charge in [-0.15, -0.1) is 6.58 Å². The van der Waals surface area contributed by atoms with Crippen LogP contribution in [0.5, 0.6) is 11.6 Å². The van der Waals surface area contributed by atoms with Gasteiger partial charge in [-0.1, -0.05) is 6.08 Å². The summed E-state index contributed by atoms with van der Waals surface area (Å²) in [6, 6.07) is 3.72. The van der Waals surface area contributed by atoms with Crippen molar-refractivity contribution in [3.8, 4) is 17.7 Å². The van der Waals surface area contributed by atoms with Crippen LogP contribution in [0.25, 0.3) is 0 Å². The molecule has 0 bridgehead atoms.